The van der Waals surface area contributed by atoms with Gasteiger partial charge in [-0.3, -0.25) is 5.32 Å². The van der Waals surface area contributed by atoms with Crippen molar-refractivity contribution in [1.82, 2.24) is 10.3 Å². The Hall–Kier alpha value is -2.02. The van der Waals surface area contributed by atoms with Gasteiger partial charge in [0.05, 0.1) is 10.2 Å². The molecule has 0 unspecified atom stereocenters. The van der Waals surface area contributed by atoms with Crippen molar-refractivity contribution in [2.24, 2.45) is 0 Å². The summed E-state index contributed by atoms with van der Waals surface area (Å²) in [6, 6.07) is 3.43. The first-order valence-electron chi connectivity index (χ1n) is 6.20. The summed E-state index contributed by atoms with van der Waals surface area (Å²) in [7, 11) is 0. The summed E-state index contributed by atoms with van der Waals surface area (Å²) in [4.78, 5) is 16.2. The number of anilines is 1. The lowest BCUT2D eigenvalue weighted by Crippen LogP contribution is -2.43. The number of urea groups is 1. The second-order valence-corrected chi connectivity index (χ2v) is 6.55. The SMILES string of the molecule is CC(C)(C)NC(=O)Nc1nc2cc3c(cc2s1)OCO3. The number of nitrogens with zero attached hydrogens (tertiary/aromatic N) is 1. The van der Waals surface area contributed by atoms with Crippen molar-refractivity contribution in [3.8, 4) is 11.5 Å². The molecule has 0 spiro atoms. The molecular weight excluding hydrogens is 278 g/mol. The van der Waals surface area contributed by atoms with Crippen LogP contribution in [0.5, 0.6) is 11.5 Å². The van der Waals surface area contributed by atoms with Crippen LogP contribution in [-0.2, 0) is 0 Å². The second-order valence-electron chi connectivity index (χ2n) is 5.52. The summed E-state index contributed by atoms with van der Waals surface area (Å²) in [6.45, 7) is 6.00. The quantitative estimate of drug-likeness (QED) is 0.848. The maximum atomic E-state index is 11.8. The molecule has 0 aliphatic carbocycles. The Morgan fingerprint density at radius 3 is 2.70 bits per heavy atom. The van der Waals surface area contributed by atoms with E-state index in [2.05, 4.69) is 15.6 Å². The standard InChI is InChI=1S/C13H15N3O3S/c1-13(2,3)16-11(17)15-12-14-7-4-8-9(19-6-18-8)5-10(7)20-12/h4-5H,6H2,1-3H3,(H2,14,15,16,17). The van der Waals surface area contributed by atoms with Crippen molar-refractivity contribution < 1.29 is 14.3 Å². The molecule has 1 aliphatic heterocycles. The van der Waals surface area contributed by atoms with Gasteiger partial charge in [0.2, 0.25) is 6.79 Å². The smallest absolute Gasteiger partial charge is 0.321 e. The van der Waals surface area contributed by atoms with Crippen LogP contribution in [-0.4, -0.2) is 23.3 Å². The lowest BCUT2D eigenvalue weighted by atomic mass is 10.1. The van der Waals surface area contributed by atoms with Gasteiger partial charge in [-0.05, 0) is 20.8 Å². The van der Waals surface area contributed by atoms with E-state index < -0.39 is 0 Å². The number of amides is 2. The molecule has 0 atom stereocenters. The lowest BCUT2D eigenvalue weighted by Gasteiger charge is -2.19. The summed E-state index contributed by atoms with van der Waals surface area (Å²) in [5.74, 6) is 1.40. The van der Waals surface area contributed by atoms with Gasteiger partial charge < -0.3 is 14.8 Å². The Balaban J connectivity index is 1.81. The van der Waals surface area contributed by atoms with E-state index >= 15 is 0 Å². The molecule has 106 valence electrons. The predicted molar refractivity (Wildman–Crippen MR) is 77.7 cm³/mol. The van der Waals surface area contributed by atoms with Crippen LogP contribution in [0.1, 0.15) is 20.8 Å². The fraction of sp³-hybridized carbons (Fsp3) is 0.385. The molecule has 2 amide bonds. The first-order valence-corrected chi connectivity index (χ1v) is 7.02. The number of hydrogen-bond acceptors (Lipinski definition) is 5. The average Bonchev–Trinajstić information content (AvgIpc) is 2.86. The number of nitrogens with one attached hydrogen (secondary N) is 2. The van der Waals surface area contributed by atoms with E-state index in [9.17, 15) is 4.79 Å². The third-order valence-electron chi connectivity index (χ3n) is 2.59. The van der Waals surface area contributed by atoms with Gasteiger partial charge >= 0.3 is 6.03 Å². The van der Waals surface area contributed by atoms with E-state index in [0.717, 1.165) is 10.2 Å². The lowest BCUT2D eigenvalue weighted by molar-refractivity contribution is 0.174. The van der Waals surface area contributed by atoms with Crippen molar-refractivity contribution in [3.63, 3.8) is 0 Å². The van der Waals surface area contributed by atoms with E-state index in [1.54, 1.807) is 0 Å². The molecule has 2 N–H and O–H groups in total. The number of ether oxygens (including phenoxy) is 2. The van der Waals surface area contributed by atoms with Gasteiger partial charge in [-0.25, -0.2) is 9.78 Å². The topological polar surface area (TPSA) is 72.5 Å². The van der Waals surface area contributed by atoms with Crippen LogP contribution in [0.2, 0.25) is 0 Å². The number of thiazole rings is 1. The zero-order chi connectivity index (χ0) is 14.3. The van der Waals surface area contributed by atoms with E-state index in [1.807, 2.05) is 32.9 Å². The predicted octanol–water partition coefficient (Wildman–Crippen LogP) is 2.95. The molecule has 0 fully saturated rings. The molecule has 0 radical (unpaired) electrons. The molecular formula is C13H15N3O3S. The van der Waals surface area contributed by atoms with Crippen LogP contribution in [0.15, 0.2) is 12.1 Å². The first kappa shape index (κ1) is 13.0. The highest BCUT2D eigenvalue weighted by molar-refractivity contribution is 7.22. The highest BCUT2D eigenvalue weighted by atomic mass is 32.1. The van der Waals surface area contributed by atoms with E-state index in [1.165, 1.54) is 11.3 Å². The van der Waals surface area contributed by atoms with Crippen molar-refractivity contribution in [1.29, 1.82) is 0 Å². The van der Waals surface area contributed by atoms with Crippen LogP contribution in [0.3, 0.4) is 0 Å². The zero-order valence-corrected chi connectivity index (χ0v) is 12.3. The fourth-order valence-corrected chi connectivity index (χ4v) is 2.71. The molecule has 0 saturated heterocycles. The van der Waals surface area contributed by atoms with Crippen molar-refractivity contribution in [2.45, 2.75) is 26.3 Å². The summed E-state index contributed by atoms with van der Waals surface area (Å²) in [6.07, 6.45) is 0. The Morgan fingerprint density at radius 1 is 1.30 bits per heavy atom. The minimum Gasteiger partial charge on any atom is -0.454 e. The summed E-state index contributed by atoms with van der Waals surface area (Å²) >= 11 is 1.40. The molecule has 7 heteroatoms. The number of benzene rings is 1. The van der Waals surface area contributed by atoms with E-state index in [-0.39, 0.29) is 18.4 Å². The molecule has 1 aromatic carbocycles. The van der Waals surface area contributed by atoms with Gasteiger partial charge in [-0.2, -0.15) is 0 Å². The fourth-order valence-electron chi connectivity index (χ4n) is 1.84. The summed E-state index contributed by atoms with van der Waals surface area (Å²) in [5, 5.41) is 6.11. The number of fused-ring (bicyclic) bond motifs is 2. The van der Waals surface area contributed by atoms with Gasteiger partial charge in [-0.1, -0.05) is 11.3 Å². The largest absolute Gasteiger partial charge is 0.454 e. The first-order chi connectivity index (χ1) is 9.40. The Kier molecular flexibility index (Phi) is 2.93. The molecule has 6 nitrogen and oxygen atoms in total. The highest BCUT2D eigenvalue weighted by Crippen LogP contribution is 2.38. The minimum atomic E-state index is -0.288. The third-order valence-corrected chi connectivity index (χ3v) is 3.53. The van der Waals surface area contributed by atoms with Crippen molar-refractivity contribution in [3.05, 3.63) is 12.1 Å². The molecule has 20 heavy (non-hydrogen) atoms. The van der Waals surface area contributed by atoms with Crippen LogP contribution in [0.25, 0.3) is 10.2 Å². The van der Waals surface area contributed by atoms with Gasteiger partial charge in [0.25, 0.3) is 0 Å². The molecule has 0 bridgehead atoms. The third kappa shape index (κ3) is 2.62. The minimum absolute atomic E-state index is 0.242. The molecule has 1 aliphatic rings. The van der Waals surface area contributed by atoms with Gasteiger partial charge in [0, 0.05) is 17.7 Å². The Morgan fingerprint density at radius 2 is 2.00 bits per heavy atom. The Labute approximate surface area is 120 Å². The van der Waals surface area contributed by atoms with Gasteiger partial charge in [0.15, 0.2) is 16.6 Å². The normalized spacial score (nSPS) is 13.6. The van der Waals surface area contributed by atoms with E-state index in [0.29, 0.717) is 16.6 Å². The Bertz CT molecular complexity index is 634. The van der Waals surface area contributed by atoms with Gasteiger partial charge in [-0.15, -0.1) is 0 Å². The number of carbonyl (C=O) groups excluding carboxylic acids is 1. The monoisotopic (exact) mass is 293 g/mol. The zero-order valence-electron chi connectivity index (χ0n) is 11.4. The van der Waals surface area contributed by atoms with Crippen LogP contribution < -0.4 is 20.1 Å². The summed E-state index contributed by atoms with van der Waals surface area (Å²) < 4.78 is 11.6. The molecule has 1 aromatic heterocycles. The van der Waals surface area contributed by atoms with Crippen molar-refractivity contribution in [2.75, 3.05) is 12.1 Å². The van der Waals surface area contributed by atoms with Crippen molar-refractivity contribution >= 4 is 32.7 Å². The highest BCUT2D eigenvalue weighted by Gasteiger charge is 2.18. The van der Waals surface area contributed by atoms with Gasteiger partial charge in [0.1, 0.15) is 0 Å². The summed E-state index contributed by atoms with van der Waals surface area (Å²) in [5.41, 5.74) is 0.495. The van der Waals surface area contributed by atoms with Crippen LogP contribution in [0, 0.1) is 0 Å². The number of hydrogen-bond donors (Lipinski definition) is 2. The second kappa shape index (κ2) is 4.52. The van der Waals surface area contributed by atoms with Crippen LogP contribution >= 0.6 is 11.3 Å². The number of carbonyl (C=O) groups is 1. The maximum absolute atomic E-state index is 11.8. The number of rotatable bonds is 1. The average molecular weight is 293 g/mol. The molecule has 2 heterocycles. The maximum Gasteiger partial charge on any atom is 0.321 e. The molecule has 3 rings (SSSR count). The van der Waals surface area contributed by atoms with Crippen LogP contribution in [0.4, 0.5) is 9.93 Å². The number of aromatic nitrogens is 1. The molecule has 2 aromatic rings. The molecule has 0 saturated carbocycles. The van der Waals surface area contributed by atoms with E-state index in [4.69, 9.17) is 9.47 Å².